The van der Waals surface area contributed by atoms with Gasteiger partial charge in [0.05, 0.1) is 33.9 Å². The lowest BCUT2D eigenvalue weighted by atomic mass is 10.1. The molecule has 2 heterocycles. The average Bonchev–Trinajstić information content (AvgIpc) is 3.49. The first-order valence-corrected chi connectivity index (χ1v) is 14.5. The minimum absolute atomic E-state index is 0.175. The lowest BCUT2D eigenvalue weighted by molar-refractivity contribution is -0.115. The Balaban J connectivity index is 1.05. The fourth-order valence-electron chi connectivity index (χ4n) is 4.98. The van der Waals surface area contributed by atoms with Crippen molar-refractivity contribution in [3.8, 4) is 11.5 Å². The predicted molar refractivity (Wildman–Crippen MR) is 180 cm³/mol. The van der Waals surface area contributed by atoms with E-state index in [1.54, 1.807) is 12.4 Å². The van der Waals surface area contributed by atoms with Gasteiger partial charge in [0, 0.05) is 23.8 Å². The van der Waals surface area contributed by atoms with Gasteiger partial charge in [-0.25, -0.2) is 0 Å². The van der Waals surface area contributed by atoms with Crippen molar-refractivity contribution in [2.45, 2.75) is 27.7 Å². The summed E-state index contributed by atoms with van der Waals surface area (Å²) in [7, 11) is 0. The summed E-state index contributed by atoms with van der Waals surface area (Å²) >= 11 is 0. The van der Waals surface area contributed by atoms with E-state index < -0.39 is 0 Å². The summed E-state index contributed by atoms with van der Waals surface area (Å²) in [6, 6.07) is 30.2. The molecule has 224 valence electrons. The van der Waals surface area contributed by atoms with Gasteiger partial charge in [0.15, 0.2) is 0 Å². The highest BCUT2D eigenvalue weighted by Gasteiger charge is 2.30. The highest BCUT2D eigenvalue weighted by molar-refractivity contribution is 6.30. The van der Waals surface area contributed by atoms with E-state index in [-0.39, 0.29) is 11.8 Å². The number of anilines is 4. The SMILES string of the molecule is CC1=NN(c2ccccc2C)C(=O)/C1=C/Nc1ccc(Oc2ccc(N/C=C3/C(=O)N(c4ccccc4C)N=C3C)cc2)cc1. The minimum Gasteiger partial charge on any atom is -0.457 e. The first-order chi connectivity index (χ1) is 21.8. The Bertz CT molecular complexity index is 1770. The number of hydrazone groups is 2. The molecule has 0 unspecified atom stereocenters. The minimum atomic E-state index is -0.175. The van der Waals surface area contributed by atoms with E-state index in [1.165, 1.54) is 10.0 Å². The van der Waals surface area contributed by atoms with Crippen molar-refractivity contribution in [1.82, 2.24) is 0 Å². The number of ether oxygens (including phenoxy) is 1. The zero-order valence-corrected chi connectivity index (χ0v) is 25.4. The van der Waals surface area contributed by atoms with Gasteiger partial charge in [0.2, 0.25) is 0 Å². The maximum absolute atomic E-state index is 13.0. The van der Waals surface area contributed by atoms with Crippen LogP contribution in [-0.2, 0) is 9.59 Å². The maximum atomic E-state index is 13.0. The van der Waals surface area contributed by atoms with Crippen LogP contribution in [0.15, 0.2) is 131 Å². The van der Waals surface area contributed by atoms with Crippen LogP contribution in [0.1, 0.15) is 25.0 Å². The molecule has 2 N–H and O–H groups in total. The van der Waals surface area contributed by atoms with Gasteiger partial charge in [0.25, 0.3) is 11.8 Å². The largest absolute Gasteiger partial charge is 0.457 e. The Labute approximate surface area is 261 Å². The van der Waals surface area contributed by atoms with Gasteiger partial charge in [-0.3, -0.25) is 9.59 Å². The molecule has 9 nitrogen and oxygen atoms in total. The second-order valence-corrected chi connectivity index (χ2v) is 10.7. The molecule has 4 aromatic carbocycles. The first kappa shape index (κ1) is 29.1. The molecule has 0 saturated heterocycles. The quantitative estimate of drug-likeness (QED) is 0.205. The number of amides is 2. The van der Waals surface area contributed by atoms with Gasteiger partial charge >= 0.3 is 0 Å². The molecule has 2 aliphatic rings. The molecule has 6 rings (SSSR count). The Kier molecular flexibility index (Phi) is 7.99. The fraction of sp³-hybridized carbons (Fsp3) is 0.111. The van der Waals surface area contributed by atoms with Crippen LogP contribution >= 0.6 is 0 Å². The van der Waals surface area contributed by atoms with Crippen LogP contribution in [-0.4, -0.2) is 23.2 Å². The van der Waals surface area contributed by atoms with Gasteiger partial charge in [-0.05, 0) is 99.5 Å². The standard InChI is InChI=1S/C36H32N6O3/c1-23-9-5-7-11-33(23)41-35(43)31(25(3)39-41)21-37-27-13-17-29(18-14-27)45-30-19-15-28(16-20-30)38-22-32-26(4)40-42(36(32)44)34-12-8-6-10-24(34)2/h5-22,37-38H,1-4H3/b31-21+,32-22+. The zero-order valence-electron chi connectivity index (χ0n) is 25.4. The molecule has 0 aromatic heterocycles. The lowest BCUT2D eigenvalue weighted by Crippen LogP contribution is -2.22. The second-order valence-electron chi connectivity index (χ2n) is 10.7. The number of carbonyl (C=O) groups is 2. The molecule has 9 heteroatoms. The van der Waals surface area contributed by atoms with E-state index in [4.69, 9.17) is 4.74 Å². The highest BCUT2D eigenvalue weighted by Crippen LogP contribution is 2.29. The Morgan fingerprint density at radius 2 is 0.933 bits per heavy atom. The lowest BCUT2D eigenvalue weighted by Gasteiger charge is -2.14. The maximum Gasteiger partial charge on any atom is 0.282 e. The normalized spacial score (nSPS) is 16.4. The average molecular weight is 597 g/mol. The molecule has 0 spiro atoms. The molecule has 4 aromatic rings. The smallest absolute Gasteiger partial charge is 0.282 e. The van der Waals surface area contributed by atoms with Crippen molar-refractivity contribution in [2.24, 2.45) is 10.2 Å². The number of hydrogen-bond donors (Lipinski definition) is 2. The molecule has 0 saturated carbocycles. The van der Waals surface area contributed by atoms with Crippen molar-refractivity contribution >= 4 is 46.0 Å². The monoisotopic (exact) mass is 596 g/mol. The highest BCUT2D eigenvalue weighted by atomic mass is 16.5. The Morgan fingerprint density at radius 1 is 0.556 bits per heavy atom. The molecule has 0 fully saturated rings. The molecule has 2 amide bonds. The summed E-state index contributed by atoms with van der Waals surface area (Å²) in [5.74, 6) is 0.976. The fourth-order valence-corrected chi connectivity index (χ4v) is 4.98. The number of hydrogen-bond acceptors (Lipinski definition) is 7. The number of para-hydroxylation sites is 2. The third-order valence-electron chi connectivity index (χ3n) is 7.52. The van der Waals surface area contributed by atoms with Gasteiger partial charge in [0.1, 0.15) is 11.5 Å². The Hall–Kier alpha value is -5.96. The number of carbonyl (C=O) groups excluding carboxylic acids is 2. The summed E-state index contributed by atoms with van der Waals surface area (Å²) in [5.41, 5.74) is 7.41. The van der Waals surface area contributed by atoms with Crippen molar-refractivity contribution in [3.05, 3.63) is 132 Å². The molecule has 45 heavy (non-hydrogen) atoms. The van der Waals surface area contributed by atoms with Gasteiger partial charge < -0.3 is 15.4 Å². The summed E-state index contributed by atoms with van der Waals surface area (Å²) in [5, 5.41) is 18.2. The summed E-state index contributed by atoms with van der Waals surface area (Å²) in [6.07, 6.45) is 3.37. The topological polar surface area (TPSA) is 98.6 Å². The third-order valence-corrected chi connectivity index (χ3v) is 7.52. The van der Waals surface area contributed by atoms with E-state index in [9.17, 15) is 9.59 Å². The van der Waals surface area contributed by atoms with Gasteiger partial charge in [-0.2, -0.15) is 20.2 Å². The van der Waals surface area contributed by atoms with E-state index in [0.717, 1.165) is 33.9 Å². The second kappa shape index (κ2) is 12.3. The van der Waals surface area contributed by atoms with E-state index in [2.05, 4.69) is 20.8 Å². The van der Waals surface area contributed by atoms with Crippen LogP contribution in [0.5, 0.6) is 11.5 Å². The number of aryl methyl sites for hydroxylation is 2. The number of benzene rings is 4. The number of nitrogens with zero attached hydrogens (tertiary/aromatic N) is 4. The van der Waals surface area contributed by atoms with Crippen LogP contribution < -0.4 is 25.4 Å². The third kappa shape index (κ3) is 6.09. The van der Waals surface area contributed by atoms with Crippen LogP contribution in [0.2, 0.25) is 0 Å². The van der Waals surface area contributed by atoms with Crippen molar-refractivity contribution in [2.75, 3.05) is 20.7 Å². The van der Waals surface area contributed by atoms with E-state index in [1.807, 2.05) is 125 Å². The van der Waals surface area contributed by atoms with Crippen molar-refractivity contribution in [1.29, 1.82) is 0 Å². The Morgan fingerprint density at radius 3 is 1.31 bits per heavy atom. The summed E-state index contributed by atoms with van der Waals surface area (Å²) in [4.78, 5) is 26.1. The molecular weight excluding hydrogens is 564 g/mol. The zero-order chi connectivity index (χ0) is 31.5. The molecule has 0 atom stereocenters. The predicted octanol–water partition coefficient (Wildman–Crippen LogP) is 7.53. The summed E-state index contributed by atoms with van der Waals surface area (Å²) in [6.45, 7) is 7.55. The summed E-state index contributed by atoms with van der Waals surface area (Å²) < 4.78 is 6.01. The van der Waals surface area contributed by atoms with Crippen molar-refractivity contribution in [3.63, 3.8) is 0 Å². The van der Waals surface area contributed by atoms with E-state index in [0.29, 0.717) is 34.1 Å². The number of rotatable bonds is 8. The van der Waals surface area contributed by atoms with Crippen LogP contribution in [0.25, 0.3) is 0 Å². The molecule has 0 bridgehead atoms. The van der Waals surface area contributed by atoms with Crippen molar-refractivity contribution < 1.29 is 14.3 Å². The van der Waals surface area contributed by atoms with Gasteiger partial charge in [-0.15, -0.1) is 0 Å². The van der Waals surface area contributed by atoms with E-state index >= 15 is 0 Å². The first-order valence-electron chi connectivity index (χ1n) is 14.5. The molecule has 0 radical (unpaired) electrons. The number of nitrogens with one attached hydrogen (secondary N) is 2. The van der Waals surface area contributed by atoms with Crippen LogP contribution in [0, 0.1) is 13.8 Å². The molecule has 2 aliphatic heterocycles. The molecule has 0 aliphatic carbocycles. The molecular formula is C36H32N6O3. The van der Waals surface area contributed by atoms with Crippen LogP contribution in [0.3, 0.4) is 0 Å². The van der Waals surface area contributed by atoms with Crippen LogP contribution in [0.4, 0.5) is 22.7 Å². The van der Waals surface area contributed by atoms with Gasteiger partial charge in [-0.1, -0.05) is 36.4 Å².